The molecular formula is C10H18N4O. The number of rotatable bonds is 4. The number of nitrogens with zero attached hydrogens (tertiary/aromatic N) is 3. The van der Waals surface area contributed by atoms with Crippen molar-refractivity contribution in [3.8, 4) is 0 Å². The molecule has 15 heavy (non-hydrogen) atoms. The largest absolute Gasteiger partial charge is 0.383 e. The molecule has 1 aromatic heterocycles. The van der Waals surface area contributed by atoms with Crippen molar-refractivity contribution < 1.29 is 4.74 Å². The predicted molar refractivity (Wildman–Crippen MR) is 56.7 cm³/mol. The van der Waals surface area contributed by atoms with E-state index in [-0.39, 0.29) is 0 Å². The Labute approximate surface area is 89.8 Å². The predicted octanol–water partition coefficient (Wildman–Crippen LogP) is 0.391. The van der Waals surface area contributed by atoms with Gasteiger partial charge in [0.1, 0.15) is 12.2 Å². The van der Waals surface area contributed by atoms with Gasteiger partial charge in [0.2, 0.25) is 0 Å². The van der Waals surface area contributed by atoms with Crippen molar-refractivity contribution in [2.45, 2.75) is 25.3 Å². The molecule has 5 nitrogen and oxygen atoms in total. The molecule has 1 saturated heterocycles. The molecule has 1 atom stereocenters. The number of hydrogen-bond donors (Lipinski definition) is 1. The Morgan fingerprint density at radius 1 is 1.67 bits per heavy atom. The summed E-state index contributed by atoms with van der Waals surface area (Å²) in [6.07, 6.45) is 4.23. The molecule has 1 N–H and O–H groups in total. The van der Waals surface area contributed by atoms with E-state index in [9.17, 15) is 0 Å². The third-order valence-electron chi connectivity index (χ3n) is 2.84. The van der Waals surface area contributed by atoms with Crippen LogP contribution in [0.1, 0.15) is 24.6 Å². The van der Waals surface area contributed by atoms with Crippen molar-refractivity contribution in [1.29, 1.82) is 0 Å². The van der Waals surface area contributed by atoms with Crippen molar-refractivity contribution >= 4 is 0 Å². The van der Waals surface area contributed by atoms with Crippen molar-refractivity contribution in [2.24, 2.45) is 0 Å². The van der Waals surface area contributed by atoms with E-state index in [1.165, 1.54) is 12.8 Å². The Balaban J connectivity index is 2.02. The second-order valence-corrected chi connectivity index (χ2v) is 3.92. The second kappa shape index (κ2) is 5.23. The SMILES string of the molecule is COCCn1cnnc1[C@@H]1CCCNC1. The van der Waals surface area contributed by atoms with E-state index in [2.05, 4.69) is 20.1 Å². The first kappa shape index (κ1) is 10.6. The standard InChI is InChI=1S/C10H18N4O/c1-15-6-5-14-8-12-13-10(14)9-3-2-4-11-7-9/h8-9,11H,2-7H2,1H3/t9-/m1/s1. The monoisotopic (exact) mass is 210 g/mol. The summed E-state index contributed by atoms with van der Waals surface area (Å²) in [6, 6.07) is 0. The van der Waals surface area contributed by atoms with Gasteiger partial charge in [-0.2, -0.15) is 0 Å². The van der Waals surface area contributed by atoms with Crippen LogP contribution in [0.3, 0.4) is 0 Å². The van der Waals surface area contributed by atoms with Gasteiger partial charge in [-0.05, 0) is 19.4 Å². The van der Waals surface area contributed by atoms with Crippen LogP contribution in [0.4, 0.5) is 0 Å². The van der Waals surface area contributed by atoms with Crippen molar-refractivity contribution in [1.82, 2.24) is 20.1 Å². The normalized spacial score (nSPS) is 21.8. The fourth-order valence-electron chi connectivity index (χ4n) is 2.01. The molecule has 1 aromatic rings. The maximum atomic E-state index is 5.07. The fraction of sp³-hybridized carbons (Fsp3) is 0.800. The molecule has 5 heteroatoms. The van der Waals surface area contributed by atoms with Gasteiger partial charge in [-0.1, -0.05) is 0 Å². The number of methoxy groups -OCH3 is 1. The quantitative estimate of drug-likeness (QED) is 0.781. The maximum absolute atomic E-state index is 5.07. The summed E-state index contributed by atoms with van der Waals surface area (Å²) in [6.45, 7) is 3.70. The van der Waals surface area contributed by atoms with Crippen LogP contribution >= 0.6 is 0 Å². The number of hydrogen-bond acceptors (Lipinski definition) is 4. The molecule has 2 heterocycles. The van der Waals surface area contributed by atoms with Crippen molar-refractivity contribution in [3.63, 3.8) is 0 Å². The van der Waals surface area contributed by atoms with Crippen LogP contribution in [-0.2, 0) is 11.3 Å². The minimum absolute atomic E-state index is 0.512. The highest BCUT2D eigenvalue weighted by Gasteiger charge is 2.20. The second-order valence-electron chi connectivity index (χ2n) is 3.92. The lowest BCUT2D eigenvalue weighted by Crippen LogP contribution is -2.30. The van der Waals surface area contributed by atoms with Crippen molar-refractivity contribution in [2.75, 3.05) is 26.8 Å². The summed E-state index contributed by atoms with van der Waals surface area (Å²) in [7, 11) is 1.71. The van der Waals surface area contributed by atoms with Crippen LogP contribution in [0.2, 0.25) is 0 Å². The molecule has 0 radical (unpaired) electrons. The Bertz CT molecular complexity index is 293. The Morgan fingerprint density at radius 2 is 2.60 bits per heavy atom. The minimum Gasteiger partial charge on any atom is -0.383 e. The number of aromatic nitrogens is 3. The van der Waals surface area contributed by atoms with E-state index in [1.807, 2.05) is 0 Å². The van der Waals surface area contributed by atoms with Gasteiger partial charge in [0, 0.05) is 26.1 Å². The van der Waals surface area contributed by atoms with Gasteiger partial charge in [0.15, 0.2) is 0 Å². The summed E-state index contributed by atoms with van der Waals surface area (Å²) in [5, 5.41) is 11.6. The molecule has 2 rings (SSSR count). The molecule has 0 bridgehead atoms. The maximum Gasteiger partial charge on any atom is 0.137 e. The molecule has 0 unspecified atom stereocenters. The zero-order valence-corrected chi connectivity index (χ0v) is 9.15. The summed E-state index contributed by atoms with van der Waals surface area (Å²) < 4.78 is 7.16. The van der Waals surface area contributed by atoms with Crippen LogP contribution in [0.5, 0.6) is 0 Å². The van der Waals surface area contributed by atoms with Crippen LogP contribution in [0, 0.1) is 0 Å². The summed E-state index contributed by atoms with van der Waals surface area (Å²) in [4.78, 5) is 0. The summed E-state index contributed by atoms with van der Waals surface area (Å²) >= 11 is 0. The van der Waals surface area contributed by atoms with Crippen molar-refractivity contribution in [3.05, 3.63) is 12.2 Å². The van der Waals surface area contributed by atoms with E-state index in [0.717, 1.165) is 25.5 Å². The smallest absolute Gasteiger partial charge is 0.137 e. The molecule has 1 aliphatic rings. The molecule has 0 aliphatic carbocycles. The highest BCUT2D eigenvalue weighted by molar-refractivity contribution is 4.99. The average molecular weight is 210 g/mol. The van der Waals surface area contributed by atoms with E-state index < -0.39 is 0 Å². The Hall–Kier alpha value is -0.940. The highest BCUT2D eigenvalue weighted by atomic mass is 16.5. The van der Waals surface area contributed by atoms with Gasteiger partial charge in [-0.3, -0.25) is 0 Å². The third-order valence-corrected chi connectivity index (χ3v) is 2.84. The first-order valence-corrected chi connectivity index (χ1v) is 5.49. The van der Waals surface area contributed by atoms with Crippen LogP contribution in [0.15, 0.2) is 6.33 Å². The van der Waals surface area contributed by atoms with Gasteiger partial charge >= 0.3 is 0 Å². The van der Waals surface area contributed by atoms with Crippen LogP contribution in [-0.4, -0.2) is 41.6 Å². The topological polar surface area (TPSA) is 52.0 Å². The lowest BCUT2D eigenvalue weighted by Gasteiger charge is -2.22. The van der Waals surface area contributed by atoms with Gasteiger partial charge < -0.3 is 14.6 Å². The van der Waals surface area contributed by atoms with E-state index in [4.69, 9.17) is 4.74 Å². The molecule has 0 spiro atoms. The van der Waals surface area contributed by atoms with Gasteiger partial charge in [0.05, 0.1) is 6.61 Å². The number of piperidine rings is 1. The third kappa shape index (κ3) is 2.54. The summed E-state index contributed by atoms with van der Waals surface area (Å²) in [5.74, 6) is 1.61. The fourth-order valence-corrected chi connectivity index (χ4v) is 2.01. The number of ether oxygens (including phenoxy) is 1. The lowest BCUT2D eigenvalue weighted by atomic mass is 9.99. The first-order valence-electron chi connectivity index (χ1n) is 5.49. The first-order chi connectivity index (χ1) is 7.42. The highest BCUT2D eigenvalue weighted by Crippen LogP contribution is 2.20. The lowest BCUT2D eigenvalue weighted by molar-refractivity contribution is 0.185. The number of nitrogens with one attached hydrogen (secondary N) is 1. The van der Waals surface area contributed by atoms with Gasteiger partial charge in [0.25, 0.3) is 0 Å². The van der Waals surface area contributed by atoms with Crippen LogP contribution in [0.25, 0.3) is 0 Å². The molecular weight excluding hydrogens is 192 g/mol. The minimum atomic E-state index is 0.512. The van der Waals surface area contributed by atoms with Gasteiger partial charge in [-0.15, -0.1) is 10.2 Å². The Kier molecular flexibility index (Phi) is 3.69. The van der Waals surface area contributed by atoms with E-state index in [1.54, 1.807) is 13.4 Å². The molecule has 84 valence electrons. The molecule has 0 aromatic carbocycles. The zero-order chi connectivity index (χ0) is 10.5. The average Bonchev–Trinajstić information content (AvgIpc) is 2.75. The molecule has 0 saturated carbocycles. The van der Waals surface area contributed by atoms with Crippen LogP contribution < -0.4 is 5.32 Å². The molecule has 0 amide bonds. The van der Waals surface area contributed by atoms with E-state index in [0.29, 0.717) is 12.5 Å². The van der Waals surface area contributed by atoms with E-state index >= 15 is 0 Å². The molecule has 1 aliphatic heterocycles. The zero-order valence-electron chi connectivity index (χ0n) is 9.15. The summed E-state index contributed by atoms with van der Waals surface area (Å²) in [5.41, 5.74) is 0. The Morgan fingerprint density at radius 3 is 3.33 bits per heavy atom. The molecule has 1 fully saturated rings. The van der Waals surface area contributed by atoms with Gasteiger partial charge in [-0.25, -0.2) is 0 Å².